The normalized spacial score (nSPS) is 10.6. The summed E-state index contributed by atoms with van der Waals surface area (Å²) < 4.78 is 20.8. The predicted molar refractivity (Wildman–Crippen MR) is 88.2 cm³/mol. The SMILES string of the molecule is CC(C)CO[P+](=O)OCC(C)C.CCCCCCCC. The number of hydrogen-bond acceptors (Lipinski definition) is 3. The third kappa shape index (κ3) is 23.1. The van der Waals surface area contributed by atoms with Crippen LogP contribution in [-0.2, 0) is 13.6 Å². The highest BCUT2D eigenvalue weighted by atomic mass is 31.1. The first kappa shape index (κ1) is 22.3. The van der Waals surface area contributed by atoms with Crippen molar-refractivity contribution in [2.75, 3.05) is 13.2 Å². The van der Waals surface area contributed by atoms with Crippen LogP contribution in [-0.4, -0.2) is 13.2 Å². The maximum atomic E-state index is 11.0. The lowest BCUT2D eigenvalue weighted by Gasteiger charge is -1.97. The van der Waals surface area contributed by atoms with Crippen LogP contribution in [0.1, 0.15) is 80.1 Å². The van der Waals surface area contributed by atoms with E-state index in [0.29, 0.717) is 25.0 Å². The van der Waals surface area contributed by atoms with Crippen molar-refractivity contribution in [3.63, 3.8) is 0 Å². The van der Waals surface area contributed by atoms with Gasteiger partial charge in [-0.1, -0.05) is 80.1 Å². The molecule has 0 amide bonds. The van der Waals surface area contributed by atoms with Crippen molar-refractivity contribution in [3.05, 3.63) is 0 Å². The quantitative estimate of drug-likeness (QED) is 0.329. The van der Waals surface area contributed by atoms with Gasteiger partial charge in [0, 0.05) is 4.57 Å². The molecule has 0 aromatic heterocycles. The molecule has 0 spiro atoms. The highest BCUT2D eigenvalue weighted by Gasteiger charge is 2.20. The molecule has 0 saturated heterocycles. The molecule has 0 fully saturated rings. The summed E-state index contributed by atoms with van der Waals surface area (Å²) in [6.45, 7) is 13.5. The lowest BCUT2D eigenvalue weighted by molar-refractivity contribution is 0.192. The zero-order valence-corrected chi connectivity index (χ0v) is 15.4. The molecule has 4 heteroatoms. The molecular formula is C16H36O3P+. The van der Waals surface area contributed by atoms with E-state index in [2.05, 4.69) is 13.8 Å². The van der Waals surface area contributed by atoms with Gasteiger partial charge in [0.05, 0.1) is 0 Å². The number of hydrogen-bond donors (Lipinski definition) is 0. The van der Waals surface area contributed by atoms with Gasteiger partial charge in [-0.2, -0.15) is 0 Å². The van der Waals surface area contributed by atoms with Crippen LogP contribution < -0.4 is 0 Å². The molecule has 0 aromatic carbocycles. The van der Waals surface area contributed by atoms with Crippen molar-refractivity contribution in [2.24, 2.45) is 11.8 Å². The molecule has 0 unspecified atom stereocenters. The number of rotatable bonds is 11. The van der Waals surface area contributed by atoms with Gasteiger partial charge in [-0.25, -0.2) is 0 Å². The van der Waals surface area contributed by atoms with Crippen LogP contribution in [0.15, 0.2) is 0 Å². The summed E-state index contributed by atoms with van der Waals surface area (Å²) in [6, 6.07) is 0. The van der Waals surface area contributed by atoms with Gasteiger partial charge in [0.1, 0.15) is 13.2 Å². The molecule has 0 radical (unpaired) electrons. The average molecular weight is 307 g/mol. The first-order valence-corrected chi connectivity index (χ1v) is 9.26. The molecule has 0 saturated carbocycles. The summed E-state index contributed by atoms with van der Waals surface area (Å²) in [5.41, 5.74) is 0. The van der Waals surface area contributed by atoms with Crippen molar-refractivity contribution >= 4 is 8.25 Å². The minimum atomic E-state index is -1.90. The van der Waals surface area contributed by atoms with Crippen molar-refractivity contribution in [1.82, 2.24) is 0 Å². The topological polar surface area (TPSA) is 35.5 Å². The average Bonchev–Trinajstić information content (AvgIpc) is 2.40. The van der Waals surface area contributed by atoms with Crippen LogP contribution in [0.25, 0.3) is 0 Å². The maximum absolute atomic E-state index is 11.0. The Balaban J connectivity index is 0. The van der Waals surface area contributed by atoms with Crippen LogP contribution in [0.4, 0.5) is 0 Å². The molecule has 0 aromatic rings. The Morgan fingerprint density at radius 3 is 1.35 bits per heavy atom. The van der Waals surface area contributed by atoms with Crippen LogP contribution in [0, 0.1) is 11.8 Å². The monoisotopic (exact) mass is 307 g/mol. The lowest BCUT2D eigenvalue weighted by Crippen LogP contribution is -2.00. The van der Waals surface area contributed by atoms with Gasteiger partial charge in [0.25, 0.3) is 0 Å². The van der Waals surface area contributed by atoms with Gasteiger partial charge >= 0.3 is 8.25 Å². The lowest BCUT2D eigenvalue weighted by atomic mass is 10.1. The standard InChI is InChI=1S/C8H18O3P.C8H18/c1-7(2)5-10-12(9)11-6-8(3)4;1-3-5-7-8-6-4-2/h7-8H,5-6H2,1-4H3;3-8H2,1-2H3/q+1;. The zero-order chi connectivity index (χ0) is 15.8. The Bertz CT molecular complexity index is 186. The second kappa shape index (κ2) is 17.1. The van der Waals surface area contributed by atoms with E-state index in [9.17, 15) is 4.57 Å². The molecule has 0 atom stereocenters. The minimum absolute atomic E-state index is 0.395. The molecule has 0 aliphatic heterocycles. The van der Waals surface area contributed by atoms with Crippen molar-refractivity contribution in [3.8, 4) is 0 Å². The first-order chi connectivity index (χ1) is 9.43. The molecule has 122 valence electrons. The fraction of sp³-hybridized carbons (Fsp3) is 1.00. The van der Waals surface area contributed by atoms with E-state index in [1.807, 2.05) is 27.7 Å². The van der Waals surface area contributed by atoms with Crippen molar-refractivity contribution in [2.45, 2.75) is 80.1 Å². The maximum Gasteiger partial charge on any atom is 0.697 e. The fourth-order valence-corrected chi connectivity index (χ4v) is 2.22. The van der Waals surface area contributed by atoms with E-state index in [0.717, 1.165) is 0 Å². The van der Waals surface area contributed by atoms with Gasteiger partial charge in [0.15, 0.2) is 0 Å². The highest BCUT2D eigenvalue weighted by molar-refractivity contribution is 7.33. The summed E-state index contributed by atoms with van der Waals surface area (Å²) in [6.07, 6.45) is 8.49. The molecule has 0 rings (SSSR count). The minimum Gasteiger partial charge on any atom is -0.119 e. The van der Waals surface area contributed by atoms with Crippen LogP contribution in [0.2, 0.25) is 0 Å². The summed E-state index contributed by atoms with van der Waals surface area (Å²) in [7, 11) is -1.90. The Hall–Kier alpha value is 0.0200. The van der Waals surface area contributed by atoms with E-state index >= 15 is 0 Å². The molecule has 0 N–H and O–H groups in total. The van der Waals surface area contributed by atoms with Crippen LogP contribution >= 0.6 is 8.25 Å². The smallest absolute Gasteiger partial charge is 0.119 e. The summed E-state index contributed by atoms with van der Waals surface area (Å²) >= 11 is 0. The Morgan fingerprint density at radius 2 is 1.10 bits per heavy atom. The van der Waals surface area contributed by atoms with Gasteiger partial charge < -0.3 is 0 Å². The molecule has 0 heterocycles. The Labute approximate surface area is 127 Å². The zero-order valence-electron chi connectivity index (χ0n) is 14.5. The van der Waals surface area contributed by atoms with Gasteiger partial charge in [0.2, 0.25) is 0 Å². The van der Waals surface area contributed by atoms with E-state index in [-0.39, 0.29) is 0 Å². The number of unbranched alkanes of at least 4 members (excludes halogenated alkanes) is 5. The van der Waals surface area contributed by atoms with Gasteiger partial charge in [-0.05, 0) is 11.8 Å². The summed E-state index contributed by atoms with van der Waals surface area (Å²) in [5, 5.41) is 0. The van der Waals surface area contributed by atoms with Crippen LogP contribution in [0.3, 0.4) is 0 Å². The largest absolute Gasteiger partial charge is 0.697 e. The Morgan fingerprint density at radius 1 is 0.750 bits per heavy atom. The third-order valence-electron chi connectivity index (χ3n) is 2.48. The van der Waals surface area contributed by atoms with Crippen molar-refractivity contribution in [1.29, 1.82) is 0 Å². The van der Waals surface area contributed by atoms with E-state index in [4.69, 9.17) is 9.05 Å². The molecule has 0 bridgehead atoms. The van der Waals surface area contributed by atoms with Crippen molar-refractivity contribution < 1.29 is 13.6 Å². The van der Waals surface area contributed by atoms with Gasteiger partial charge in [-0.15, -0.1) is 9.05 Å². The third-order valence-corrected chi connectivity index (χ3v) is 3.20. The molecule has 20 heavy (non-hydrogen) atoms. The van der Waals surface area contributed by atoms with Crippen LogP contribution in [0.5, 0.6) is 0 Å². The fourth-order valence-electron chi connectivity index (χ4n) is 1.31. The van der Waals surface area contributed by atoms with E-state index < -0.39 is 8.25 Å². The molecule has 0 aliphatic carbocycles. The van der Waals surface area contributed by atoms with E-state index in [1.54, 1.807) is 0 Å². The Kier molecular flexibility index (Phi) is 19.0. The molecule has 0 aliphatic rings. The predicted octanol–water partition coefficient (Wildman–Crippen LogP) is 6.36. The highest BCUT2D eigenvalue weighted by Crippen LogP contribution is 2.25. The first-order valence-electron chi connectivity index (χ1n) is 8.17. The van der Waals surface area contributed by atoms with Gasteiger partial charge in [-0.3, -0.25) is 0 Å². The van der Waals surface area contributed by atoms with E-state index in [1.165, 1.54) is 38.5 Å². The second-order valence-electron chi connectivity index (χ2n) is 6.02. The second-order valence-corrected chi connectivity index (χ2v) is 6.98. The summed E-state index contributed by atoms with van der Waals surface area (Å²) in [5.74, 6) is 0.790. The molecule has 3 nitrogen and oxygen atoms in total. The molecular weight excluding hydrogens is 271 g/mol. The summed E-state index contributed by atoms with van der Waals surface area (Å²) in [4.78, 5) is 0.